The van der Waals surface area contributed by atoms with Gasteiger partial charge in [-0.1, -0.05) is 48.9 Å². The molecule has 3 N–H and O–H groups in total. The van der Waals surface area contributed by atoms with Crippen LogP contribution in [-0.4, -0.2) is 82.9 Å². The molecule has 0 bridgehead atoms. The van der Waals surface area contributed by atoms with Crippen LogP contribution in [0, 0.1) is 0 Å². The number of sulfonamides is 2. The molecule has 0 unspecified atom stereocenters. The normalized spacial score (nSPS) is 15.2. The van der Waals surface area contributed by atoms with Crippen molar-refractivity contribution in [3.63, 3.8) is 0 Å². The molecular weight excluding hydrogens is 906 g/mol. The molecule has 16 nitrogen and oxygen atoms in total. The van der Waals surface area contributed by atoms with Gasteiger partial charge in [-0.25, -0.2) is 16.8 Å². The number of hydrogen-bond acceptors (Lipinski definition) is 11. The van der Waals surface area contributed by atoms with E-state index in [9.17, 15) is 49.0 Å². The maximum Gasteiger partial charge on any atom is 0.294 e. The lowest BCUT2D eigenvalue weighted by Gasteiger charge is -2.28. The summed E-state index contributed by atoms with van der Waals surface area (Å²) in [7, 11) is -12.1. The van der Waals surface area contributed by atoms with E-state index in [2.05, 4.69) is 9.44 Å². The number of nitrogens with zero attached hydrogens (tertiary/aromatic N) is 3. The molecule has 0 saturated heterocycles. The van der Waals surface area contributed by atoms with Crippen LogP contribution in [-0.2, 0) is 55.9 Å². The molecule has 0 fully saturated rings. The standard InChI is InChI=1S/C44H50ClN5O11S3/c1-3-41(51)46-63(57,58)29-9-8-25-48-27-22-33(37-17-15-35(45)30-39(37)48)13-10-32(12-19-42(52)47-62(55,56)4-2)11-14-34-23-28-49(40-31-36(64(59,60)61)16-18-38(34)40)24-6-5-7-26-50-43(53)20-21-44(50)54/h10-11,13-18,20-23,27-28,30-31H,3-9,12,19,24-26,29H2,1-2H3,(H2-,46,47,51,52,59,60,61)/p+1. The van der Waals surface area contributed by atoms with E-state index in [0.717, 1.165) is 16.5 Å². The number of benzene rings is 2. The van der Waals surface area contributed by atoms with E-state index in [-0.39, 0.29) is 54.0 Å². The average Bonchev–Trinajstić information content (AvgIpc) is 3.56. The van der Waals surface area contributed by atoms with E-state index >= 15 is 0 Å². The van der Waals surface area contributed by atoms with Gasteiger partial charge in [0.15, 0.2) is 6.20 Å². The highest BCUT2D eigenvalue weighted by molar-refractivity contribution is 7.90. The summed E-state index contributed by atoms with van der Waals surface area (Å²) in [5, 5.41) is 1.31. The van der Waals surface area contributed by atoms with Crippen molar-refractivity contribution in [2.24, 2.45) is 0 Å². The van der Waals surface area contributed by atoms with Gasteiger partial charge in [-0.15, -0.1) is 0 Å². The van der Waals surface area contributed by atoms with Crippen LogP contribution in [0.25, 0.3) is 22.6 Å². The van der Waals surface area contributed by atoms with Crippen LogP contribution in [0.3, 0.4) is 0 Å². The van der Waals surface area contributed by atoms with Crippen LogP contribution in [0.2, 0.25) is 5.02 Å². The number of halogens is 1. The summed E-state index contributed by atoms with van der Waals surface area (Å²) < 4.78 is 89.2. The summed E-state index contributed by atoms with van der Waals surface area (Å²) in [6.45, 7) is 4.20. The molecule has 1 aromatic heterocycles. The highest BCUT2D eigenvalue weighted by atomic mass is 35.5. The summed E-state index contributed by atoms with van der Waals surface area (Å²) in [5.74, 6) is -2.41. The number of rotatable bonds is 22. The number of carbonyl (C=O) groups excluding carboxylic acids is 4. The predicted molar refractivity (Wildman–Crippen MR) is 245 cm³/mol. The van der Waals surface area contributed by atoms with Crippen molar-refractivity contribution in [2.75, 3.05) is 29.5 Å². The monoisotopic (exact) mass is 956 g/mol. The van der Waals surface area contributed by atoms with Gasteiger partial charge in [0.2, 0.25) is 37.4 Å². The third kappa shape index (κ3) is 14.0. The van der Waals surface area contributed by atoms with Gasteiger partial charge in [-0.3, -0.25) is 38.1 Å². The SMILES string of the molecule is CCC(=O)NS(=O)(=O)CCCC[n+]1ccc(C=CC(=CC=C2C=CN(CCCCCN3C(=O)C=CC3=O)c3cc(S(=O)(=O)O)ccc32)CCC(=O)NS(=O)(=O)CC)c2ccc(Cl)cc21. The van der Waals surface area contributed by atoms with Gasteiger partial charge in [0.05, 0.1) is 21.8 Å². The number of amides is 4. The second kappa shape index (κ2) is 21.9. The summed E-state index contributed by atoms with van der Waals surface area (Å²) in [4.78, 5) is 50.9. The number of hydrogen-bond donors (Lipinski definition) is 3. The minimum Gasteiger partial charge on any atom is -0.347 e. The fraction of sp³-hybridized carbons (Fsp3) is 0.341. The Kier molecular flexibility index (Phi) is 17.0. The Balaban J connectivity index is 1.41. The minimum atomic E-state index is -4.54. The summed E-state index contributed by atoms with van der Waals surface area (Å²) in [6, 6.07) is 11.5. The first kappa shape index (κ1) is 49.5. The quantitative estimate of drug-likeness (QED) is 0.0381. The van der Waals surface area contributed by atoms with Gasteiger partial charge in [-0.05, 0) is 86.1 Å². The van der Waals surface area contributed by atoms with Crippen LogP contribution in [0.15, 0.2) is 102 Å². The lowest BCUT2D eigenvalue weighted by Crippen LogP contribution is -2.35. The molecule has 2 aliphatic heterocycles. The lowest BCUT2D eigenvalue weighted by molar-refractivity contribution is -0.671. The molecule has 3 heterocycles. The fourth-order valence-corrected chi connectivity index (χ4v) is 9.36. The molecule has 0 atom stereocenters. The molecule has 2 aliphatic rings. The molecular formula is C44H51ClN5O11S3+. The number of imide groups is 1. The van der Waals surface area contributed by atoms with Gasteiger partial charge in [0.25, 0.3) is 21.9 Å². The van der Waals surface area contributed by atoms with Crippen LogP contribution in [0.5, 0.6) is 0 Å². The zero-order valence-corrected chi connectivity index (χ0v) is 38.6. The number of allylic oxidation sites excluding steroid dienone is 6. The average molecular weight is 958 g/mol. The fourth-order valence-electron chi connectivity index (χ4n) is 6.92. The zero-order chi connectivity index (χ0) is 46.7. The summed E-state index contributed by atoms with van der Waals surface area (Å²) in [6.07, 6.45) is 17.9. The van der Waals surface area contributed by atoms with Crippen molar-refractivity contribution in [1.82, 2.24) is 14.3 Å². The van der Waals surface area contributed by atoms with E-state index in [1.54, 1.807) is 43.5 Å². The number of nitrogens with one attached hydrogen (secondary N) is 2. The number of unbranched alkanes of at least 4 members (excludes halogenated alkanes) is 3. The highest BCUT2D eigenvalue weighted by Crippen LogP contribution is 2.35. The van der Waals surface area contributed by atoms with Crippen LogP contribution in [0.1, 0.15) is 76.3 Å². The number of pyridine rings is 1. The number of anilines is 1. The maximum atomic E-state index is 12.8. The van der Waals surface area contributed by atoms with Crippen molar-refractivity contribution in [1.29, 1.82) is 0 Å². The largest absolute Gasteiger partial charge is 0.347 e. The highest BCUT2D eigenvalue weighted by Gasteiger charge is 2.24. The van der Waals surface area contributed by atoms with Gasteiger partial charge in [-0.2, -0.15) is 13.0 Å². The topological polar surface area (TPSA) is 225 Å². The first-order valence-corrected chi connectivity index (χ1v) is 25.8. The van der Waals surface area contributed by atoms with Crippen LogP contribution >= 0.6 is 11.6 Å². The van der Waals surface area contributed by atoms with Gasteiger partial charge < -0.3 is 4.90 Å². The van der Waals surface area contributed by atoms with Gasteiger partial charge >= 0.3 is 0 Å². The Labute approximate surface area is 378 Å². The first-order chi connectivity index (χ1) is 30.3. The molecule has 5 rings (SSSR count). The molecule has 0 spiro atoms. The van der Waals surface area contributed by atoms with Crippen molar-refractivity contribution in [2.45, 2.75) is 76.7 Å². The third-order valence-electron chi connectivity index (χ3n) is 10.4. The Bertz CT molecular complexity index is 2780. The smallest absolute Gasteiger partial charge is 0.294 e. The van der Waals surface area contributed by atoms with E-state index in [4.69, 9.17) is 11.6 Å². The van der Waals surface area contributed by atoms with Crippen molar-refractivity contribution in [3.8, 4) is 0 Å². The van der Waals surface area contributed by atoms with E-state index in [0.29, 0.717) is 72.6 Å². The Morgan fingerprint density at radius 3 is 2.23 bits per heavy atom. The van der Waals surface area contributed by atoms with E-state index < -0.39 is 42.0 Å². The van der Waals surface area contributed by atoms with Crippen LogP contribution in [0.4, 0.5) is 5.69 Å². The minimum absolute atomic E-state index is 0.0577. The molecule has 342 valence electrons. The first-order valence-electron chi connectivity index (χ1n) is 20.7. The molecule has 0 aliphatic carbocycles. The molecule has 2 aromatic carbocycles. The second-order valence-corrected chi connectivity index (χ2v) is 20.8. The number of aryl methyl sites for hydroxylation is 1. The maximum absolute atomic E-state index is 12.8. The van der Waals surface area contributed by atoms with Crippen LogP contribution < -0.4 is 18.9 Å². The molecule has 3 aromatic rings. The Morgan fingerprint density at radius 2 is 1.53 bits per heavy atom. The molecule has 64 heavy (non-hydrogen) atoms. The molecule has 0 saturated carbocycles. The van der Waals surface area contributed by atoms with Crippen molar-refractivity contribution in [3.05, 3.63) is 113 Å². The van der Waals surface area contributed by atoms with E-state index in [1.165, 1.54) is 36.1 Å². The third-order valence-corrected chi connectivity index (χ3v) is 14.2. The zero-order valence-electron chi connectivity index (χ0n) is 35.4. The number of aromatic nitrogens is 1. The lowest BCUT2D eigenvalue weighted by atomic mass is 9.98. The number of carbonyl (C=O) groups is 4. The molecule has 4 amide bonds. The van der Waals surface area contributed by atoms with Gasteiger partial charge in [0, 0.05) is 79.1 Å². The second-order valence-electron chi connectivity index (χ2n) is 15.0. The summed E-state index contributed by atoms with van der Waals surface area (Å²) >= 11 is 6.42. The number of fused-ring (bicyclic) bond motifs is 2. The van der Waals surface area contributed by atoms with E-state index in [1.807, 2.05) is 46.0 Å². The Hall–Kier alpha value is -5.47. The molecule has 20 heteroatoms. The Morgan fingerprint density at radius 1 is 0.812 bits per heavy atom. The summed E-state index contributed by atoms with van der Waals surface area (Å²) in [5.41, 5.74) is 4.05. The van der Waals surface area contributed by atoms with Gasteiger partial charge in [0.1, 0.15) is 6.54 Å². The predicted octanol–water partition coefficient (Wildman–Crippen LogP) is 5.36. The van der Waals surface area contributed by atoms with Crippen molar-refractivity contribution < 1.29 is 53.6 Å². The molecule has 0 radical (unpaired) electrons. The van der Waals surface area contributed by atoms with Crippen molar-refractivity contribution >= 4 is 93.6 Å².